The van der Waals surface area contributed by atoms with Gasteiger partial charge in [0.05, 0.1) is 42.0 Å². The maximum Gasteiger partial charge on any atom is 0.231 e. The van der Waals surface area contributed by atoms with Crippen LogP contribution in [0.3, 0.4) is 0 Å². The van der Waals surface area contributed by atoms with Crippen molar-refractivity contribution in [2.45, 2.75) is 6.42 Å². The zero-order valence-corrected chi connectivity index (χ0v) is 17.3. The van der Waals surface area contributed by atoms with Crippen LogP contribution >= 0.6 is 0 Å². The highest BCUT2D eigenvalue weighted by molar-refractivity contribution is 6.14. The van der Waals surface area contributed by atoms with Gasteiger partial charge < -0.3 is 33.5 Å². The van der Waals surface area contributed by atoms with Crippen molar-refractivity contribution >= 4 is 21.5 Å². The molecule has 0 unspecified atom stereocenters. The minimum atomic E-state index is -0.398. The number of nitrogens with zero attached hydrogens (tertiary/aromatic N) is 1. The van der Waals surface area contributed by atoms with E-state index in [0.717, 1.165) is 32.9 Å². The second-order valence-electron chi connectivity index (χ2n) is 7.54. The fourth-order valence-electron chi connectivity index (χ4n) is 3.91. The van der Waals surface area contributed by atoms with Crippen LogP contribution in [0.4, 0.5) is 0 Å². The molecule has 0 aromatic heterocycles. The number of hydrogen-bond acceptors (Lipinski definition) is 6. The van der Waals surface area contributed by atoms with E-state index in [1.165, 1.54) is 0 Å². The van der Waals surface area contributed by atoms with Gasteiger partial charge in [-0.3, -0.25) is 0 Å². The molecule has 4 rings (SSSR count). The molecule has 7 heteroatoms. The zero-order valence-electron chi connectivity index (χ0n) is 17.3. The molecular weight excluding hydrogens is 374 g/mol. The van der Waals surface area contributed by atoms with Crippen LogP contribution in [0.15, 0.2) is 24.3 Å². The number of methoxy groups -OCH3 is 3. The third-order valence-electron chi connectivity index (χ3n) is 5.26. The Morgan fingerprint density at radius 3 is 2.17 bits per heavy atom. The minimum absolute atomic E-state index is 0.208. The quantitative estimate of drug-likeness (QED) is 0.356. The van der Waals surface area contributed by atoms with Crippen LogP contribution in [-0.2, 0) is 6.42 Å². The number of quaternary nitrogens is 1. The van der Waals surface area contributed by atoms with Gasteiger partial charge in [-0.2, -0.15) is 0 Å². The Morgan fingerprint density at radius 2 is 1.55 bits per heavy atom. The molecule has 0 bridgehead atoms. The summed E-state index contributed by atoms with van der Waals surface area (Å²) < 4.78 is 27.9. The third kappa shape index (κ3) is 3.26. The molecule has 0 spiro atoms. The second kappa shape index (κ2) is 7.17. The average Bonchev–Trinajstić information content (AvgIpc) is 3.15. The summed E-state index contributed by atoms with van der Waals surface area (Å²) in [5, 5.41) is 16.1. The topological polar surface area (TPSA) is 69.2 Å². The molecule has 1 aliphatic heterocycles. The van der Waals surface area contributed by atoms with Gasteiger partial charge in [0, 0.05) is 17.4 Å². The van der Waals surface area contributed by atoms with Crippen molar-refractivity contribution in [2.75, 3.05) is 48.8 Å². The predicted octanol–water partition coefficient (Wildman–Crippen LogP) is 3.86. The Morgan fingerprint density at radius 1 is 0.897 bits per heavy atom. The number of fused-ring (bicyclic) bond motifs is 4. The maximum atomic E-state index is 12.2. The van der Waals surface area contributed by atoms with Crippen LogP contribution < -0.4 is 23.7 Å². The van der Waals surface area contributed by atoms with Crippen molar-refractivity contribution in [1.29, 1.82) is 0 Å². The number of ether oxygens (including phenoxy) is 5. The van der Waals surface area contributed by atoms with E-state index >= 15 is 0 Å². The highest BCUT2D eigenvalue weighted by Crippen LogP contribution is 2.50. The largest absolute Gasteiger partial charge is 0.633 e. The van der Waals surface area contributed by atoms with Gasteiger partial charge in [0.25, 0.3) is 0 Å². The van der Waals surface area contributed by atoms with Gasteiger partial charge in [-0.15, -0.1) is 0 Å². The first-order chi connectivity index (χ1) is 13.9. The van der Waals surface area contributed by atoms with Gasteiger partial charge >= 0.3 is 0 Å². The van der Waals surface area contributed by atoms with Gasteiger partial charge in [-0.1, -0.05) is 12.1 Å². The average molecular weight is 399 g/mol. The molecule has 0 saturated carbocycles. The Balaban J connectivity index is 2.09. The molecule has 3 aromatic carbocycles. The van der Waals surface area contributed by atoms with E-state index in [9.17, 15) is 5.21 Å². The summed E-state index contributed by atoms with van der Waals surface area (Å²) in [4.78, 5) is 0. The molecule has 0 radical (unpaired) electrons. The second-order valence-corrected chi connectivity index (χ2v) is 7.54. The molecule has 0 atom stereocenters. The van der Waals surface area contributed by atoms with Gasteiger partial charge in [-0.05, 0) is 28.3 Å². The lowest BCUT2D eigenvalue weighted by Crippen LogP contribution is -2.34. The molecule has 7 nitrogen and oxygen atoms in total. The first-order valence-electron chi connectivity index (χ1n) is 9.38. The molecule has 0 amide bonds. The first kappa shape index (κ1) is 19.4. The molecule has 1 aliphatic rings. The van der Waals surface area contributed by atoms with E-state index in [0.29, 0.717) is 36.0 Å². The Hall–Kier alpha value is -2.90. The molecule has 154 valence electrons. The van der Waals surface area contributed by atoms with Crippen molar-refractivity contribution in [1.82, 2.24) is 0 Å². The van der Waals surface area contributed by atoms with Crippen LogP contribution in [-0.4, -0.2) is 53.4 Å². The van der Waals surface area contributed by atoms with E-state index < -0.39 is 4.65 Å². The lowest BCUT2D eigenvalue weighted by molar-refractivity contribution is -0.839. The summed E-state index contributed by atoms with van der Waals surface area (Å²) in [7, 11) is 8.06. The molecule has 0 saturated heterocycles. The Kier molecular flexibility index (Phi) is 4.80. The summed E-state index contributed by atoms with van der Waals surface area (Å²) in [6, 6.07) is 7.99. The van der Waals surface area contributed by atoms with E-state index in [1.807, 2.05) is 24.3 Å². The number of hydroxylamine groups is 3. The fourth-order valence-corrected chi connectivity index (χ4v) is 3.91. The van der Waals surface area contributed by atoms with Crippen molar-refractivity contribution in [3.63, 3.8) is 0 Å². The van der Waals surface area contributed by atoms with Crippen LogP contribution in [0.2, 0.25) is 0 Å². The van der Waals surface area contributed by atoms with Gasteiger partial charge in [0.1, 0.15) is 0 Å². The maximum absolute atomic E-state index is 12.2. The number of likely N-dealkylation sites (N-methyl/N-ethyl adjacent to an activating group) is 1. The summed E-state index contributed by atoms with van der Waals surface area (Å²) >= 11 is 0. The summed E-state index contributed by atoms with van der Waals surface area (Å²) in [5.41, 5.74) is 0.918. The molecule has 0 aliphatic carbocycles. The fraction of sp³-hybridized carbons (Fsp3) is 0.364. The predicted molar refractivity (Wildman–Crippen MR) is 111 cm³/mol. The van der Waals surface area contributed by atoms with E-state index in [4.69, 9.17) is 23.7 Å². The highest BCUT2D eigenvalue weighted by atomic mass is 16.7. The van der Waals surface area contributed by atoms with Crippen LogP contribution in [0.5, 0.6) is 28.7 Å². The van der Waals surface area contributed by atoms with E-state index in [-0.39, 0.29) is 6.79 Å². The van der Waals surface area contributed by atoms with Crippen molar-refractivity contribution in [3.05, 3.63) is 35.0 Å². The SMILES string of the molecule is COc1c(OC)c(OC)c2c(ccc3cc4c(cc32)OCO4)c1CC[N+](C)(C)[O-]. The summed E-state index contributed by atoms with van der Waals surface area (Å²) in [6.45, 7) is 0.611. The number of hydrogen-bond donors (Lipinski definition) is 0. The van der Waals surface area contributed by atoms with Gasteiger partial charge in [0.15, 0.2) is 23.0 Å². The van der Waals surface area contributed by atoms with Crippen LogP contribution in [0.25, 0.3) is 21.5 Å². The third-order valence-corrected chi connectivity index (χ3v) is 5.26. The number of rotatable bonds is 6. The highest BCUT2D eigenvalue weighted by Gasteiger charge is 2.25. The monoisotopic (exact) mass is 399 g/mol. The smallest absolute Gasteiger partial charge is 0.231 e. The lowest BCUT2D eigenvalue weighted by atomic mass is 9.94. The van der Waals surface area contributed by atoms with Gasteiger partial charge in [-0.25, -0.2) is 0 Å². The molecule has 0 N–H and O–H groups in total. The zero-order chi connectivity index (χ0) is 20.8. The van der Waals surface area contributed by atoms with E-state index in [1.54, 1.807) is 35.4 Å². The van der Waals surface area contributed by atoms with Crippen molar-refractivity contribution < 1.29 is 28.3 Å². The summed E-state index contributed by atoms with van der Waals surface area (Å²) in [6.07, 6.45) is 0.534. The van der Waals surface area contributed by atoms with E-state index in [2.05, 4.69) is 0 Å². The molecule has 3 aromatic rings. The van der Waals surface area contributed by atoms with Crippen molar-refractivity contribution in [3.8, 4) is 28.7 Å². The Bertz CT molecular complexity index is 1090. The van der Waals surface area contributed by atoms with Crippen LogP contribution in [0, 0.1) is 5.21 Å². The molecule has 0 fully saturated rings. The van der Waals surface area contributed by atoms with Crippen molar-refractivity contribution in [2.24, 2.45) is 0 Å². The minimum Gasteiger partial charge on any atom is -0.633 e. The standard InChI is InChI=1S/C22H25NO6/c1-23(2,24)9-8-15-14-7-6-13-10-17-18(29-12-28-17)11-16(13)19(14)21(26-4)22(27-5)20(15)25-3/h6-7,10-11H,8-9,12H2,1-5H3. The van der Waals surface area contributed by atoms with Gasteiger partial charge in [0.2, 0.25) is 12.5 Å². The van der Waals surface area contributed by atoms with Crippen LogP contribution in [0.1, 0.15) is 5.56 Å². The molecule has 1 heterocycles. The summed E-state index contributed by atoms with van der Waals surface area (Å²) in [5.74, 6) is 3.11. The first-order valence-corrected chi connectivity index (χ1v) is 9.38. The molecular formula is C22H25NO6. The normalized spacial score (nSPS) is 13.2. The number of benzene rings is 3. The lowest BCUT2D eigenvalue weighted by Gasteiger charge is -2.34. The Labute approximate surface area is 169 Å². The molecule has 29 heavy (non-hydrogen) atoms.